The Hall–Kier alpha value is -2.83. The first kappa shape index (κ1) is 18.0. The van der Waals surface area contributed by atoms with Gasteiger partial charge in [-0.15, -0.1) is 0 Å². The predicted octanol–water partition coefficient (Wildman–Crippen LogP) is 3.96. The molecule has 0 amide bonds. The van der Waals surface area contributed by atoms with Crippen molar-refractivity contribution in [3.05, 3.63) is 69.3 Å². The number of carboxylic acid groups (broad SMARTS) is 2. The van der Waals surface area contributed by atoms with Crippen molar-refractivity contribution in [1.29, 1.82) is 0 Å². The highest BCUT2D eigenvalue weighted by Gasteiger charge is 2.35. The fourth-order valence-corrected chi connectivity index (χ4v) is 3.20. The Balaban J connectivity index is 2.32. The van der Waals surface area contributed by atoms with Gasteiger partial charge >= 0.3 is 11.9 Å². The van der Waals surface area contributed by atoms with Gasteiger partial charge in [0.05, 0.1) is 10.7 Å². The minimum absolute atomic E-state index is 0.127. The van der Waals surface area contributed by atoms with Crippen molar-refractivity contribution < 1.29 is 24.6 Å². The monoisotopic (exact) mass is 391 g/mol. The maximum absolute atomic E-state index is 13.0. The molecule has 6 nitrogen and oxygen atoms in total. The van der Waals surface area contributed by atoms with E-state index in [0.29, 0.717) is 15.9 Å². The quantitative estimate of drug-likeness (QED) is 0.450. The largest absolute Gasteiger partial charge is 0.480 e. The van der Waals surface area contributed by atoms with Crippen LogP contribution < -0.4 is 0 Å². The van der Waals surface area contributed by atoms with E-state index in [1.807, 2.05) is 0 Å². The van der Waals surface area contributed by atoms with E-state index in [2.05, 4.69) is 4.98 Å². The number of H-pyrrole nitrogens is 1. The molecule has 0 bridgehead atoms. The first-order valence-electron chi connectivity index (χ1n) is 7.37. The maximum atomic E-state index is 13.0. The second kappa shape index (κ2) is 6.82. The van der Waals surface area contributed by atoms with E-state index < -0.39 is 23.6 Å². The number of fused-ring (bicyclic) bond motifs is 1. The average Bonchev–Trinajstić information content (AvgIpc) is 2.92. The van der Waals surface area contributed by atoms with E-state index in [-0.39, 0.29) is 21.8 Å². The van der Waals surface area contributed by atoms with Crippen LogP contribution in [-0.4, -0.2) is 32.9 Å². The fourth-order valence-electron chi connectivity index (χ4n) is 2.80. The minimum atomic E-state index is -1.92. The number of carbonyl (C=O) groups is 3. The standard InChI is InChI=1S/C18H11Cl2NO5/c19-8-5-6-10-12(7-8)21-15(13(10)14(17(23)24)18(25)26)16(22)9-3-1-2-4-11(9)20/h1-7,14,21H,(H,23,24)(H,25,26). The van der Waals surface area contributed by atoms with Crippen molar-refractivity contribution in [1.82, 2.24) is 4.98 Å². The molecule has 0 fully saturated rings. The Morgan fingerprint density at radius 2 is 1.62 bits per heavy atom. The van der Waals surface area contributed by atoms with Gasteiger partial charge in [0.15, 0.2) is 5.92 Å². The second-order valence-corrected chi connectivity index (χ2v) is 6.37. The SMILES string of the molecule is O=C(c1ccccc1Cl)c1[nH]c2cc(Cl)ccc2c1C(C(=O)O)C(=O)O. The summed E-state index contributed by atoms with van der Waals surface area (Å²) >= 11 is 12.0. The van der Waals surface area contributed by atoms with Gasteiger partial charge in [-0.3, -0.25) is 14.4 Å². The first-order valence-corrected chi connectivity index (χ1v) is 8.12. The summed E-state index contributed by atoms with van der Waals surface area (Å²) in [5.41, 5.74) is 0.199. The van der Waals surface area contributed by atoms with Gasteiger partial charge in [-0.25, -0.2) is 0 Å². The Morgan fingerprint density at radius 1 is 0.962 bits per heavy atom. The zero-order valence-corrected chi connectivity index (χ0v) is 14.5. The summed E-state index contributed by atoms with van der Waals surface area (Å²) < 4.78 is 0. The summed E-state index contributed by atoms with van der Waals surface area (Å²) in [6, 6.07) is 10.7. The van der Waals surface area contributed by atoms with Crippen molar-refractivity contribution in [3.8, 4) is 0 Å². The number of carboxylic acids is 2. The van der Waals surface area contributed by atoms with Crippen molar-refractivity contribution >= 4 is 51.8 Å². The zero-order valence-electron chi connectivity index (χ0n) is 13.0. The van der Waals surface area contributed by atoms with Crippen LogP contribution in [0.1, 0.15) is 27.5 Å². The second-order valence-electron chi connectivity index (χ2n) is 5.52. The highest BCUT2D eigenvalue weighted by molar-refractivity contribution is 6.35. The van der Waals surface area contributed by atoms with Gasteiger partial charge in [0.2, 0.25) is 5.78 Å². The molecule has 3 N–H and O–H groups in total. The van der Waals surface area contributed by atoms with E-state index in [0.717, 1.165) is 0 Å². The van der Waals surface area contributed by atoms with Crippen LogP contribution in [0, 0.1) is 0 Å². The van der Waals surface area contributed by atoms with Crippen molar-refractivity contribution in [2.24, 2.45) is 0 Å². The molecule has 0 saturated heterocycles. The number of ketones is 1. The molecule has 0 atom stereocenters. The minimum Gasteiger partial charge on any atom is -0.480 e. The molecular formula is C18H11Cl2NO5. The highest BCUT2D eigenvalue weighted by Crippen LogP contribution is 2.34. The van der Waals surface area contributed by atoms with Crippen LogP contribution in [0.25, 0.3) is 10.9 Å². The molecule has 3 rings (SSSR count). The third-order valence-corrected chi connectivity index (χ3v) is 4.49. The van der Waals surface area contributed by atoms with Crippen molar-refractivity contribution in [3.63, 3.8) is 0 Å². The Bertz CT molecular complexity index is 1040. The molecule has 0 unspecified atom stereocenters. The van der Waals surface area contributed by atoms with E-state index in [4.69, 9.17) is 23.2 Å². The average molecular weight is 392 g/mol. The van der Waals surface area contributed by atoms with Gasteiger partial charge < -0.3 is 15.2 Å². The summed E-state index contributed by atoms with van der Waals surface area (Å²) in [7, 11) is 0. The van der Waals surface area contributed by atoms with E-state index in [1.54, 1.807) is 12.1 Å². The number of benzene rings is 2. The third kappa shape index (κ3) is 3.05. The molecule has 0 aliphatic carbocycles. The van der Waals surface area contributed by atoms with Crippen LogP contribution in [0.4, 0.5) is 0 Å². The Kier molecular flexibility index (Phi) is 4.71. The van der Waals surface area contributed by atoms with E-state index >= 15 is 0 Å². The van der Waals surface area contributed by atoms with Gasteiger partial charge in [-0.05, 0) is 24.3 Å². The van der Waals surface area contributed by atoms with Crippen LogP contribution >= 0.6 is 23.2 Å². The Labute approximate surface area is 157 Å². The summed E-state index contributed by atoms with van der Waals surface area (Å²) in [5.74, 6) is -5.69. The number of aliphatic carboxylic acids is 2. The van der Waals surface area contributed by atoms with Gasteiger partial charge in [0.25, 0.3) is 0 Å². The molecule has 132 valence electrons. The molecule has 0 aliphatic rings. The third-order valence-electron chi connectivity index (χ3n) is 3.93. The number of aromatic amines is 1. The molecule has 8 heteroatoms. The summed E-state index contributed by atoms with van der Waals surface area (Å²) in [4.78, 5) is 38.9. The molecule has 1 aromatic heterocycles. The van der Waals surface area contributed by atoms with Gasteiger partial charge in [-0.2, -0.15) is 0 Å². The lowest BCUT2D eigenvalue weighted by Crippen LogP contribution is -2.23. The van der Waals surface area contributed by atoms with Crippen LogP contribution in [0.5, 0.6) is 0 Å². The van der Waals surface area contributed by atoms with Crippen LogP contribution in [0.3, 0.4) is 0 Å². The molecule has 0 aliphatic heterocycles. The smallest absolute Gasteiger partial charge is 0.322 e. The number of halogens is 2. The zero-order chi connectivity index (χ0) is 19.0. The van der Waals surface area contributed by atoms with Crippen molar-refractivity contribution in [2.75, 3.05) is 0 Å². The molecular weight excluding hydrogens is 381 g/mol. The highest BCUT2D eigenvalue weighted by atomic mass is 35.5. The first-order chi connectivity index (χ1) is 12.3. The summed E-state index contributed by atoms with van der Waals surface area (Å²) in [6.07, 6.45) is 0. The lowest BCUT2D eigenvalue weighted by Gasteiger charge is -2.10. The summed E-state index contributed by atoms with van der Waals surface area (Å²) in [6.45, 7) is 0. The normalized spacial score (nSPS) is 11.0. The topological polar surface area (TPSA) is 107 Å². The van der Waals surface area contributed by atoms with E-state index in [1.165, 1.54) is 30.3 Å². The molecule has 26 heavy (non-hydrogen) atoms. The van der Waals surface area contributed by atoms with Crippen molar-refractivity contribution in [2.45, 2.75) is 5.92 Å². The number of rotatable bonds is 5. The van der Waals surface area contributed by atoms with E-state index in [9.17, 15) is 24.6 Å². The van der Waals surface area contributed by atoms with Gasteiger partial charge in [0.1, 0.15) is 0 Å². The summed E-state index contributed by atoms with van der Waals surface area (Å²) in [5, 5.41) is 19.6. The number of hydrogen-bond donors (Lipinski definition) is 3. The lowest BCUT2D eigenvalue weighted by atomic mass is 9.93. The number of carbonyl (C=O) groups excluding carboxylic acids is 1. The molecule has 3 aromatic rings. The number of nitrogens with one attached hydrogen (secondary N) is 1. The molecule has 1 heterocycles. The molecule has 0 radical (unpaired) electrons. The van der Waals surface area contributed by atoms with Gasteiger partial charge in [-0.1, -0.05) is 41.4 Å². The molecule has 2 aromatic carbocycles. The molecule has 0 spiro atoms. The van der Waals surface area contributed by atoms with Crippen LogP contribution in [0.15, 0.2) is 42.5 Å². The molecule has 0 saturated carbocycles. The maximum Gasteiger partial charge on any atom is 0.322 e. The Morgan fingerprint density at radius 3 is 2.23 bits per heavy atom. The van der Waals surface area contributed by atoms with Gasteiger partial charge in [0, 0.05) is 27.1 Å². The fraction of sp³-hybridized carbons (Fsp3) is 0.0556. The van der Waals surface area contributed by atoms with Crippen LogP contribution in [-0.2, 0) is 9.59 Å². The predicted molar refractivity (Wildman–Crippen MR) is 96.2 cm³/mol. The number of hydrogen-bond acceptors (Lipinski definition) is 3. The number of aromatic nitrogens is 1. The van der Waals surface area contributed by atoms with Crippen LogP contribution in [0.2, 0.25) is 10.0 Å². The lowest BCUT2D eigenvalue weighted by molar-refractivity contribution is -0.149.